The first-order valence-electron chi connectivity index (χ1n) is 8.93. The molecule has 0 aliphatic carbocycles. The zero-order valence-corrected chi connectivity index (χ0v) is 15.8. The second kappa shape index (κ2) is 9.66. The van der Waals surface area contributed by atoms with Gasteiger partial charge in [-0.05, 0) is 30.5 Å². The standard InChI is InChI=1S/C19H27ClN2O3/c1-3-4-6-18(23)21-9-5-10-22(12-11-21)19(24)14-15-7-8-17(25-2)16(20)13-15/h7-8,13H,3-6,9-12,14H2,1-2H3. The number of rotatable bonds is 6. The fraction of sp³-hybridized carbons (Fsp3) is 0.579. The number of methoxy groups -OCH3 is 1. The Labute approximate surface area is 154 Å². The average molecular weight is 367 g/mol. The predicted molar refractivity (Wildman–Crippen MR) is 99.0 cm³/mol. The molecule has 0 unspecified atom stereocenters. The second-order valence-electron chi connectivity index (χ2n) is 6.36. The van der Waals surface area contributed by atoms with Crippen molar-refractivity contribution in [3.63, 3.8) is 0 Å². The third kappa shape index (κ3) is 5.63. The fourth-order valence-corrected chi connectivity index (χ4v) is 3.29. The van der Waals surface area contributed by atoms with Crippen molar-refractivity contribution in [2.24, 2.45) is 0 Å². The molecule has 1 heterocycles. The quantitative estimate of drug-likeness (QED) is 0.777. The van der Waals surface area contributed by atoms with Gasteiger partial charge in [0, 0.05) is 32.6 Å². The first-order chi connectivity index (χ1) is 12.0. The van der Waals surface area contributed by atoms with E-state index < -0.39 is 0 Å². The zero-order valence-electron chi connectivity index (χ0n) is 15.1. The molecule has 1 saturated heterocycles. The highest BCUT2D eigenvalue weighted by Crippen LogP contribution is 2.25. The van der Waals surface area contributed by atoms with E-state index in [4.69, 9.17) is 16.3 Å². The van der Waals surface area contributed by atoms with Crippen LogP contribution < -0.4 is 4.74 Å². The normalized spacial score (nSPS) is 15.0. The Kier molecular flexibility index (Phi) is 7.56. The molecule has 0 saturated carbocycles. The summed E-state index contributed by atoms with van der Waals surface area (Å²) in [6, 6.07) is 5.42. The van der Waals surface area contributed by atoms with Gasteiger partial charge in [-0.15, -0.1) is 0 Å². The van der Waals surface area contributed by atoms with Crippen LogP contribution in [0.3, 0.4) is 0 Å². The molecule has 0 bridgehead atoms. The lowest BCUT2D eigenvalue weighted by Crippen LogP contribution is -2.37. The van der Waals surface area contributed by atoms with Gasteiger partial charge in [-0.25, -0.2) is 0 Å². The van der Waals surface area contributed by atoms with Crippen molar-refractivity contribution in [3.8, 4) is 5.75 Å². The topological polar surface area (TPSA) is 49.9 Å². The Balaban J connectivity index is 1.90. The van der Waals surface area contributed by atoms with Crippen LogP contribution in [0.15, 0.2) is 18.2 Å². The highest BCUT2D eigenvalue weighted by molar-refractivity contribution is 6.32. The van der Waals surface area contributed by atoms with Gasteiger partial charge in [-0.3, -0.25) is 9.59 Å². The first kappa shape index (κ1) is 19.6. The van der Waals surface area contributed by atoms with E-state index in [1.165, 1.54) is 0 Å². The molecule has 0 aromatic heterocycles. The van der Waals surface area contributed by atoms with Crippen LogP contribution in [0.2, 0.25) is 5.02 Å². The molecule has 0 atom stereocenters. The minimum Gasteiger partial charge on any atom is -0.495 e. The van der Waals surface area contributed by atoms with E-state index >= 15 is 0 Å². The molecular formula is C19H27ClN2O3. The molecule has 1 fully saturated rings. The van der Waals surface area contributed by atoms with Crippen molar-refractivity contribution in [1.82, 2.24) is 9.80 Å². The number of ether oxygens (including phenoxy) is 1. The lowest BCUT2D eigenvalue weighted by molar-refractivity contribution is -0.133. The Bertz CT molecular complexity index is 606. The largest absolute Gasteiger partial charge is 0.495 e. The summed E-state index contributed by atoms with van der Waals surface area (Å²) in [6.45, 7) is 4.74. The SMILES string of the molecule is CCCCC(=O)N1CCCN(C(=O)Cc2ccc(OC)c(Cl)c2)CC1. The Hall–Kier alpha value is -1.75. The summed E-state index contributed by atoms with van der Waals surface area (Å²) >= 11 is 6.13. The van der Waals surface area contributed by atoms with Crippen LogP contribution in [-0.2, 0) is 16.0 Å². The maximum atomic E-state index is 12.6. The monoisotopic (exact) mass is 366 g/mol. The molecule has 2 rings (SSSR count). The Morgan fingerprint density at radius 2 is 1.80 bits per heavy atom. The van der Waals surface area contributed by atoms with Crippen LogP contribution in [0.4, 0.5) is 0 Å². The van der Waals surface area contributed by atoms with Crippen LogP contribution in [0.1, 0.15) is 38.2 Å². The van der Waals surface area contributed by atoms with Crippen molar-refractivity contribution in [2.45, 2.75) is 39.0 Å². The summed E-state index contributed by atoms with van der Waals surface area (Å²) in [5.41, 5.74) is 0.871. The Morgan fingerprint density at radius 1 is 1.12 bits per heavy atom. The van der Waals surface area contributed by atoms with Crippen LogP contribution >= 0.6 is 11.6 Å². The summed E-state index contributed by atoms with van der Waals surface area (Å²) in [5, 5.41) is 0.511. The van der Waals surface area contributed by atoms with Crippen LogP contribution in [0.5, 0.6) is 5.75 Å². The lowest BCUT2D eigenvalue weighted by atomic mass is 10.1. The molecule has 1 aromatic carbocycles. The summed E-state index contributed by atoms with van der Waals surface area (Å²) in [5.74, 6) is 0.885. The number of halogens is 1. The second-order valence-corrected chi connectivity index (χ2v) is 6.77. The third-order valence-electron chi connectivity index (χ3n) is 4.52. The summed E-state index contributed by atoms with van der Waals surface area (Å²) in [6.07, 6.45) is 3.69. The fourth-order valence-electron chi connectivity index (χ4n) is 3.01. The minimum absolute atomic E-state index is 0.0732. The van der Waals surface area contributed by atoms with Gasteiger partial charge in [-0.2, -0.15) is 0 Å². The molecule has 1 aliphatic rings. The molecular weight excluding hydrogens is 340 g/mol. The van der Waals surface area contributed by atoms with Crippen LogP contribution in [-0.4, -0.2) is 54.9 Å². The van der Waals surface area contributed by atoms with Gasteiger partial charge in [-0.1, -0.05) is 31.0 Å². The van der Waals surface area contributed by atoms with E-state index in [0.29, 0.717) is 43.2 Å². The van der Waals surface area contributed by atoms with Crippen molar-refractivity contribution in [1.29, 1.82) is 0 Å². The third-order valence-corrected chi connectivity index (χ3v) is 4.81. The first-order valence-corrected chi connectivity index (χ1v) is 9.31. The van der Waals surface area contributed by atoms with E-state index in [2.05, 4.69) is 6.92 Å². The smallest absolute Gasteiger partial charge is 0.227 e. The van der Waals surface area contributed by atoms with Crippen LogP contribution in [0, 0.1) is 0 Å². The number of benzene rings is 1. The van der Waals surface area contributed by atoms with E-state index in [-0.39, 0.29) is 11.8 Å². The molecule has 2 amide bonds. The number of amides is 2. The molecule has 0 N–H and O–H groups in total. The minimum atomic E-state index is 0.0732. The van der Waals surface area contributed by atoms with E-state index in [0.717, 1.165) is 31.4 Å². The molecule has 1 aromatic rings. The highest BCUT2D eigenvalue weighted by atomic mass is 35.5. The van der Waals surface area contributed by atoms with E-state index in [1.807, 2.05) is 15.9 Å². The van der Waals surface area contributed by atoms with Gasteiger partial charge in [0.25, 0.3) is 0 Å². The van der Waals surface area contributed by atoms with Gasteiger partial charge < -0.3 is 14.5 Å². The van der Waals surface area contributed by atoms with Gasteiger partial charge in [0.15, 0.2) is 0 Å². The van der Waals surface area contributed by atoms with Crippen molar-refractivity contribution < 1.29 is 14.3 Å². The molecule has 25 heavy (non-hydrogen) atoms. The van der Waals surface area contributed by atoms with Crippen LogP contribution in [0.25, 0.3) is 0 Å². The molecule has 0 spiro atoms. The maximum absolute atomic E-state index is 12.6. The maximum Gasteiger partial charge on any atom is 0.227 e. The highest BCUT2D eigenvalue weighted by Gasteiger charge is 2.22. The van der Waals surface area contributed by atoms with Crippen molar-refractivity contribution in [3.05, 3.63) is 28.8 Å². The average Bonchev–Trinajstić information content (AvgIpc) is 2.86. The van der Waals surface area contributed by atoms with Gasteiger partial charge in [0.2, 0.25) is 11.8 Å². The number of unbranched alkanes of at least 4 members (excludes halogenated alkanes) is 1. The van der Waals surface area contributed by atoms with E-state index in [9.17, 15) is 9.59 Å². The van der Waals surface area contributed by atoms with Gasteiger partial charge in [0.1, 0.15) is 5.75 Å². The predicted octanol–water partition coefficient (Wildman–Crippen LogP) is 3.14. The van der Waals surface area contributed by atoms with E-state index in [1.54, 1.807) is 19.2 Å². The molecule has 5 nitrogen and oxygen atoms in total. The zero-order chi connectivity index (χ0) is 18.2. The molecule has 1 aliphatic heterocycles. The Morgan fingerprint density at radius 3 is 2.40 bits per heavy atom. The number of carbonyl (C=O) groups is 2. The molecule has 138 valence electrons. The van der Waals surface area contributed by atoms with Gasteiger partial charge in [0.05, 0.1) is 18.6 Å². The summed E-state index contributed by atoms with van der Waals surface area (Å²) < 4.78 is 5.14. The molecule has 0 radical (unpaired) electrons. The summed E-state index contributed by atoms with van der Waals surface area (Å²) in [7, 11) is 1.57. The number of carbonyl (C=O) groups excluding carboxylic acids is 2. The summed E-state index contributed by atoms with van der Waals surface area (Å²) in [4.78, 5) is 28.5. The van der Waals surface area contributed by atoms with Crippen molar-refractivity contribution in [2.75, 3.05) is 33.3 Å². The number of hydrogen-bond acceptors (Lipinski definition) is 3. The van der Waals surface area contributed by atoms with Gasteiger partial charge >= 0.3 is 0 Å². The number of hydrogen-bond donors (Lipinski definition) is 0. The number of nitrogens with zero attached hydrogens (tertiary/aromatic N) is 2. The lowest BCUT2D eigenvalue weighted by Gasteiger charge is -2.22. The molecule has 6 heteroatoms. The van der Waals surface area contributed by atoms with Crippen molar-refractivity contribution >= 4 is 23.4 Å².